The number of pyridine rings is 1. The summed E-state index contributed by atoms with van der Waals surface area (Å²) in [6, 6.07) is 8.98. The molecule has 0 unspecified atom stereocenters. The van der Waals surface area contributed by atoms with Crippen molar-refractivity contribution in [1.29, 1.82) is 0 Å². The molecule has 0 aliphatic carbocycles. The molecule has 4 heteroatoms. The van der Waals surface area contributed by atoms with Gasteiger partial charge < -0.3 is 0 Å². The van der Waals surface area contributed by atoms with Crippen molar-refractivity contribution < 1.29 is 13.0 Å². The third-order valence-corrected chi connectivity index (χ3v) is 4.52. The molecular formula is C15H18NO2S+. The van der Waals surface area contributed by atoms with Crippen LogP contribution in [0, 0.1) is 20.8 Å². The number of nitrogens with zero attached hydrogens (tertiary/aromatic N) is 1. The second-order valence-electron chi connectivity index (χ2n) is 4.96. The first-order valence-electron chi connectivity index (χ1n) is 6.13. The summed E-state index contributed by atoms with van der Waals surface area (Å²) in [6.07, 6.45) is 3.69. The Balaban J connectivity index is 2.33. The van der Waals surface area contributed by atoms with E-state index in [4.69, 9.17) is 0 Å². The zero-order valence-electron chi connectivity index (χ0n) is 11.4. The van der Waals surface area contributed by atoms with Gasteiger partial charge in [-0.25, -0.2) is 8.42 Å². The average molecular weight is 276 g/mol. The van der Waals surface area contributed by atoms with E-state index < -0.39 is 9.84 Å². The van der Waals surface area contributed by atoms with Crippen LogP contribution < -0.4 is 4.57 Å². The summed E-state index contributed by atoms with van der Waals surface area (Å²) in [7, 11) is -3.30. The summed E-state index contributed by atoms with van der Waals surface area (Å²) in [5.41, 5.74) is 3.16. The minimum absolute atomic E-state index is 0.0292. The van der Waals surface area contributed by atoms with Crippen molar-refractivity contribution in [2.45, 2.75) is 31.5 Å². The molecule has 0 bridgehead atoms. The maximum Gasteiger partial charge on any atom is 0.252 e. The SMILES string of the molecule is Cc1ccc(S(=O)(=O)C[n+]2cc(C)cc(C)c2)cc1. The predicted octanol–water partition coefficient (Wildman–Crippen LogP) is 2.33. The molecule has 0 N–H and O–H groups in total. The van der Waals surface area contributed by atoms with Gasteiger partial charge in [-0.05, 0) is 39.0 Å². The van der Waals surface area contributed by atoms with Crippen LogP contribution in [0.5, 0.6) is 0 Å². The molecule has 19 heavy (non-hydrogen) atoms. The van der Waals surface area contributed by atoms with E-state index in [1.54, 1.807) is 16.7 Å². The van der Waals surface area contributed by atoms with E-state index in [1.165, 1.54) is 0 Å². The van der Waals surface area contributed by atoms with E-state index in [-0.39, 0.29) is 5.88 Å². The van der Waals surface area contributed by atoms with Crippen molar-refractivity contribution in [3.63, 3.8) is 0 Å². The normalized spacial score (nSPS) is 11.5. The molecule has 0 atom stereocenters. The number of rotatable bonds is 3. The van der Waals surface area contributed by atoms with Crippen molar-refractivity contribution >= 4 is 9.84 Å². The highest BCUT2D eigenvalue weighted by Crippen LogP contribution is 2.12. The molecule has 0 radical (unpaired) electrons. The van der Waals surface area contributed by atoms with Crippen molar-refractivity contribution in [3.8, 4) is 0 Å². The highest BCUT2D eigenvalue weighted by atomic mass is 32.2. The summed E-state index contributed by atoms with van der Waals surface area (Å²) in [5, 5.41) is 0. The molecule has 0 saturated carbocycles. The highest BCUT2D eigenvalue weighted by molar-refractivity contribution is 7.90. The number of benzene rings is 1. The smallest absolute Gasteiger partial charge is 0.217 e. The van der Waals surface area contributed by atoms with Crippen LogP contribution in [-0.2, 0) is 15.7 Å². The van der Waals surface area contributed by atoms with Crippen LogP contribution in [0.2, 0.25) is 0 Å². The largest absolute Gasteiger partial charge is 0.252 e. The monoisotopic (exact) mass is 276 g/mol. The van der Waals surface area contributed by atoms with Gasteiger partial charge in [-0.3, -0.25) is 0 Å². The number of sulfone groups is 1. The quantitative estimate of drug-likeness (QED) is 0.807. The molecule has 1 heterocycles. The molecule has 1 aromatic carbocycles. The minimum Gasteiger partial charge on any atom is -0.217 e. The third kappa shape index (κ3) is 3.41. The van der Waals surface area contributed by atoms with E-state index in [0.29, 0.717) is 4.90 Å². The van der Waals surface area contributed by atoms with Crippen molar-refractivity contribution in [2.75, 3.05) is 0 Å². The van der Waals surface area contributed by atoms with Gasteiger partial charge in [0.05, 0.1) is 4.90 Å². The fourth-order valence-corrected chi connectivity index (χ4v) is 3.33. The Morgan fingerprint density at radius 1 is 0.895 bits per heavy atom. The van der Waals surface area contributed by atoms with Crippen LogP contribution in [-0.4, -0.2) is 8.42 Å². The second kappa shape index (κ2) is 5.13. The summed E-state index contributed by atoms with van der Waals surface area (Å²) >= 11 is 0. The second-order valence-corrected chi connectivity index (χ2v) is 6.92. The fourth-order valence-electron chi connectivity index (χ4n) is 2.08. The molecule has 2 aromatic rings. The maximum absolute atomic E-state index is 12.3. The van der Waals surface area contributed by atoms with Crippen LogP contribution >= 0.6 is 0 Å². The van der Waals surface area contributed by atoms with Crippen LogP contribution in [0.15, 0.2) is 47.6 Å². The fraction of sp³-hybridized carbons (Fsp3) is 0.267. The zero-order chi connectivity index (χ0) is 14.0. The molecule has 2 rings (SSSR count). The summed E-state index contributed by atoms with van der Waals surface area (Å²) in [6.45, 7) is 5.86. The van der Waals surface area contributed by atoms with Gasteiger partial charge in [-0.15, -0.1) is 0 Å². The molecule has 0 aliphatic heterocycles. The molecule has 0 amide bonds. The van der Waals surface area contributed by atoms with E-state index in [0.717, 1.165) is 16.7 Å². The van der Waals surface area contributed by atoms with E-state index in [2.05, 4.69) is 0 Å². The number of hydrogen-bond donors (Lipinski definition) is 0. The first-order chi connectivity index (χ1) is 8.87. The van der Waals surface area contributed by atoms with Crippen molar-refractivity contribution in [2.24, 2.45) is 0 Å². The lowest BCUT2D eigenvalue weighted by molar-refractivity contribution is -0.678. The van der Waals surface area contributed by atoms with Gasteiger partial charge in [0.15, 0.2) is 12.4 Å². The lowest BCUT2D eigenvalue weighted by Gasteiger charge is -2.03. The first kappa shape index (κ1) is 13.7. The van der Waals surface area contributed by atoms with E-state index in [9.17, 15) is 8.42 Å². The summed E-state index contributed by atoms with van der Waals surface area (Å²) < 4.78 is 26.4. The Hall–Kier alpha value is -1.68. The average Bonchev–Trinajstić information content (AvgIpc) is 2.27. The first-order valence-corrected chi connectivity index (χ1v) is 7.79. The van der Waals surface area contributed by atoms with Gasteiger partial charge in [-0.1, -0.05) is 17.7 Å². The Labute approximate surface area is 114 Å². The molecular weight excluding hydrogens is 258 g/mol. The molecule has 0 fully saturated rings. The van der Waals surface area contributed by atoms with Gasteiger partial charge in [0, 0.05) is 11.1 Å². The molecule has 0 saturated heterocycles. The van der Waals surface area contributed by atoms with E-state index >= 15 is 0 Å². The van der Waals surface area contributed by atoms with Gasteiger partial charge in [-0.2, -0.15) is 4.57 Å². The van der Waals surface area contributed by atoms with Crippen LogP contribution in [0.1, 0.15) is 16.7 Å². The Bertz CT molecular complexity index is 668. The third-order valence-electron chi connectivity index (χ3n) is 2.89. The lowest BCUT2D eigenvalue weighted by atomic mass is 10.2. The zero-order valence-corrected chi connectivity index (χ0v) is 12.2. The topological polar surface area (TPSA) is 38.0 Å². The van der Waals surface area contributed by atoms with Crippen LogP contribution in [0.4, 0.5) is 0 Å². The number of aromatic nitrogens is 1. The Morgan fingerprint density at radius 2 is 1.42 bits per heavy atom. The summed E-state index contributed by atoms with van der Waals surface area (Å²) in [5.74, 6) is -0.0292. The maximum atomic E-state index is 12.3. The molecule has 1 aromatic heterocycles. The van der Waals surface area contributed by atoms with E-state index in [1.807, 2.05) is 51.4 Å². The van der Waals surface area contributed by atoms with Crippen LogP contribution in [0.3, 0.4) is 0 Å². The molecule has 3 nitrogen and oxygen atoms in total. The minimum atomic E-state index is -3.30. The van der Waals surface area contributed by atoms with Gasteiger partial charge in [0.1, 0.15) is 0 Å². The number of aryl methyl sites for hydroxylation is 3. The summed E-state index contributed by atoms with van der Waals surface area (Å²) in [4.78, 5) is 0.366. The highest BCUT2D eigenvalue weighted by Gasteiger charge is 2.20. The van der Waals surface area contributed by atoms with Crippen LogP contribution in [0.25, 0.3) is 0 Å². The Kier molecular flexibility index (Phi) is 3.71. The van der Waals surface area contributed by atoms with Gasteiger partial charge in [0.25, 0.3) is 5.88 Å². The van der Waals surface area contributed by atoms with Crippen molar-refractivity contribution in [1.82, 2.24) is 0 Å². The molecule has 100 valence electrons. The van der Waals surface area contributed by atoms with Crippen molar-refractivity contribution in [3.05, 3.63) is 59.4 Å². The predicted molar refractivity (Wildman–Crippen MR) is 74.5 cm³/mol. The van der Waals surface area contributed by atoms with Gasteiger partial charge in [0.2, 0.25) is 9.84 Å². The molecule has 0 spiro atoms. The molecule has 0 aliphatic rings. The number of hydrogen-bond acceptors (Lipinski definition) is 2. The Morgan fingerprint density at radius 3 is 1.95 bits per heavy atom. The van der Waals surface area contributed by atoms with Gasteiger partial charge >= 0.3 is 0 Å². The standard InChI is InChI=1S/C15H18NO2S/c1-12-4-6-15(7-5-12)19(17,18)11-16-9-13(2)8-14(3)10-16/h4-10H,11H2,1-3H3/q+1. The lowest BCUT2D eigenvalue weighted by Crippen LogP contribution is -2.38.